The van der Waals surface area contributed by atoms with Crippen molar-refractivity contribution in [3.63, 3.8) is 0 Å². The monoisotopic (exact) mass is 474 g/mol. The summed E-state index contributed by atoms with van der Waals surface area (Å²) in [5, 5.41) is 11.3. The number of nitrogens with one attached hydrogen (secondary N) is 1. The van der Waals surface area contributed by atoms with Gasteiger partial charge in [-0.25, -0.2) is 0 Å². The normalized spacial score (nSPS) is 24.5. The largest absolute Gasteiger partial charge is 0.420 e. The molecule has 0 amide bonds. The van der Waals surface area contributed by atoms with E-state index in [4.69, 9.17) is 4.74 Å². The molecule has 1 N–H and O–H groups in total. The summed E-state index contributed by atoms with van der Waals surface area (Å²) < 4.78 is 47.4. The van der Waals surface area contributed by atoms with E-state index < -0.39 is 11.7 Å². The summed E-state index contributed by atoms with van der Waals surface area (Å²) in [4.78, 5) is 2.56. The number of alkyl halides is 3. The molecule has 1 aromatic heterocycles. The molecule has 1 saturated carbocycles. The number of fused-ring (bicyclic) bond motifs is 1. The highest BCUT2D eigenvalue weighted by Gasteiger charge is 2.43. The van der Waals surface area contributed by atoms with Crippen LogP contribution in [0.25, 0.3) is 11.3 Å². The van der Waals surface area contributed by atoms with Crippen LogP contribution in [0.4, 0.5) is 19.0 Å². The quantitative estimate of drug-likeness (QED) is 0.635. The Labute approximate surface area is 199 Å². The van der Waals surface area contributed by atoms with E-state index in [1.807, 2.05) is 32.0 Å². The van der Waals surface area contributed by atoms with Gasteiger partial charge in [-0.3, -0.25) is 0 Å². The number of nitrogens with zero attached hydrogens (tertiary/aromatic N) is 3. The molecule has 2 aliphatic heterocycles. The Morgan fingerprint density at radius 1 is 1.03 bits per heavy atom. The maximum absolute atomic E-state index is 14.0. The van der Waals surface area contributed by atoms with Crippen LogP contribution in [-0.4, -0.2) is 54.0 Å². The molecule has 5 rings (SSSR count). The molecule has 5 nitrogen and oxygen atoms in total. The van der Waals surface area contributed by atoms with Crippen LogP contribution in [0.1, 0.15) is 42.4 Å². The zero-order valence-corrected chi connectivity index (χ0v) is 19.9. The average Bonchev–Trinajstić information content (AvgIpc) is 3.32. The van der Waals surface area contributed by atoms with E-state index in [0.717, 1.165) is 75.7 Å². The second-order valence-corrected chi connectivity index (χ2v) is 10.4. The molecule has 34 heavy (non-hydrogen) atoms. The van der Waals surface area contributed by atoms with Gasteiger partial charge in [-0.1, -0.05) is 23.8 Å². The predicted molar refractivity (Wildman–Crippen MR) is 126 cm³/mol. The summed E-state index contributed by atoms with van der Waals surface area (Å²) >= 11 is 0. The predicted octanol–water partition coefficient (Wildman–Crippen LogP) is 5.33. The van der Waals surface area contributed by atoms with Gasteiger partial charge in [-0.05, 0) is 68.9 Å². The first-order chi connectivity index (χ1) is 16.3. The standard InChI is InChI=1S/C26H33F3N4O/c1-16-3-4-22(17(2)9-16)24-12-23(26(27,28)29)25(32-31-24)30-21-10-19-14-33(15-20(19)11-21)13-18-5-7-34-8-6-18/h3-4,9,12,18-21H,5-8,10-11,13-15H2,1-2H3,(H,30,32)/t19-,20-/m1/s1. The van der Waals surface area contributed by atoms with Crippen LogP contribution in [0.3, 0.4) is 0 Å². The molecule has 3 fully saturated rings. The van der Waals surface area contributed by atoms with Crippen LogP contribution in [0.2, 0.25) is 0 Å². The number of anilines is 1. The van der Waals surface area contributed by atoms with E-state index in [-0.39, 0.29) is 17.6 Å². The molecule has 0 unspecified atom stereocenters. The Bertz CT molecular complexity index is 1010. The van der Waals surface area contributed by atoms with Crippen molar-refractivity contribution in [3.8, 4) is 11.3 Å². The molecule has 0 spiro atoms. The third-order valence-electron chi connectivity index (χ3n) is 7.78. The first-order valence-corrected chi connectivity index (χ1v) is 12.4. The summed E-state index contributed by atoms with van der Waals surface area (Å²) in [6.07, 6.45) is -0.472. The van der Waals surface area contributed by atoms with Crippen LogP contribution >= 0.6 is 0 Å². The van der Waals surface area contributed by atoms with Crippen molar-refractivity contribution >= 4 is 5.82 Å². The molecule has 0 radical (unpaired) electrons. The minimum absolute atomic E-state index is 0.00240. The van der Waals surface area contributed by atoms with Crippen LogP contribution in [-0.2, 0) is 10.9 Å². The molecular weight excluding hydrogens is 441 g/mol. The van der Waals surface area contributed by atoms with Crippen molar-refractivity contribution in [1.29, 1.82) is 0 Å². The van der Waals surface area contributed by atoms with Crippen LogP contribution in [0.5, 0.6) is 0 Å². The molecule has 2 atom stereocenters. The van der Waals surface area contributed by atoms with E-state index in [9.17, 15) is 13.2 Å². The van der Waals surface area contributed by atoms with Gasteiger partial charge in [-0.15, -0.1) is 10.2 Å². The van der Waals surface area contributed by atoms with Crippen molar-refractivity contribution in [2.45, 2.75) is 51.7 Å². The van der Waals surface area contributed by atoms with E-state index in [1.165, 1.54) is 0 Å². The van der Waals surface area contributed by atoms with Gasteiger partial charge in [0.25, 0.3) is 0 Å². The lowest BCUT2D eigenvalue weighted by atomic mass is 10.00. The smallest absolute Gasteiger partial charge is 0.381 e. The number of rotatable bonds is 5. The van der Waals surface area contributed by atoms with E-state index in [2.05, 4.69) is 20.4 Å². The number of likely N-dealkylation sites (tertiary alicyclic amines) is 1. The van der Waals surface area contributed by atoms with Gasteiger partial charge in [0.1, 0.15) is 5.56 Å². The Morgan fingerprint density at radius 3 is 2.38 bits per heavy atom. The van der Waals surface area contributed by atoms with Gasteiger partial charge in [0, 0.05) is 44.5 Å². The number of aromatic nitrogens is 2. The number of ether oxygens (including phenoxy) is 1. The van der Waals surface area contributed by atoms with Crippen molar-refractivity contribution in [1.82, 2.24) is 15.1 Å². The minimum Gasteiger partial charge on any atom is -0.381 e. The number of hydrogen-bond acceptors (Lipinski definition) is 5. The summed E-state index contributed by atoms with van der Waals surface area (Å²) in [6, 6.07) is 6.78. The Hall–Kier alpha value is -2.19. The van der Waals surface area contributed by atoms with Gasteiger partial charge >= 0.3 is 6.18 Å². The Balaban J connectivity index is 1.26. The molecule has 184 valence electrons. The molecule has 8 heteroatoms. The fourth-order valence-electron chi connectivity index (χ4n) is 6.10. The molecule has 1 aromatic carbocycles. The molecule has 0 bridgehead atoms. The van der Waals surface area contributed by atoms with Crippen molar-refractivity contribution in [2.24, 2.45) is 17.8 Å². The number of benzene rings is 1. The third-order valence-corrected chi connectivity index (χ3v) is 7.78. The molecule has 1 aliphatic carbocycles. The second-order valence-electron chi connectivity index (χ2n) is 10.4. The Kier molecular flexibility index (Phi) is 6.55. The van der Waals surface area contributed by atoms with Crippen molar-refractivity contribution < 1.29 is 17.9 Å². The number of aryl methyl sites for hydroxylation is 2. The SMILES string of the molecule is Cc1ccc(-c2cc(C(F)(F)F)c(NC3C[C@@H]4CN(CC5CCOCC5)C[C@H]4C3)nn2)c(C)c1. The van der Waals surface area contributed by atoms with Crippen LogP contribution < -0.4 is 5.32 Å². The molecule has 2 aromatic rings. The van der Waals surface area contributed by atoms with Gasteiger partial charge in [-0.2, -0.15) is 13.2 Å². The van der Waals surface area contributed by atoms with Gasteiger partial charge in [0.15, 0.2) is 5.82 Å². The lowest BCUT2D eigenvalue weighted by Crippen LogP contribution is -2.32. The molecule has 3 aliphatic rings. The van der Waals surface area contributed by atoms with Crippen molar-refractivity contribution in [3.05, 3.63) is 41.0 Å². The lowest BCUT2D eigenvalue weighted by molar-refractivity contribution is -0.137. The third kappa shape index (κ3) is 5.08. The van der Waals surface area contributed by atoms with E-state index in [1.54, 1.807) is 0 Å². The average molecular weight is 475 g/mol. The van der Waals surface area contributed by atoms with E-state index in [0.29, 0.717) is 23.3 Å². The molecule has 2 saturated heterocycles. The lowest BCUT2D eigenvalue weighted by Gasteiger charge is -2.28. The number of hydrogen-bond donors (Lipinski definition) is 1. The Morgan fingerprint density at radius 2 is 1.74 bits per heavy atom. The van der Waals surface area contributed by atoms with E-state index >= 15 is 0 Å². The van der Waals surface area contributed by atoms with Gasteiger partial charge < -0.3 is 15.0 Å². The summed E-state index contributed by atoms with van der Waals surface area (Å²) in [5.74, 6) is 1.63. The first kappa shape index (κ1) is 23.5. The van der Waals surface area contributed by atoms with Crippen LogP contribution in [0.15, 0.2) is 24.3 Å². The van der Waals surface area contributed by atoms with Crippen molar-refractivity contribution in [2.75, 3.05) is 38.2 Å². The first-order valence-electron chi connectivity index (χ1n) is 12.4. The molecular formula is C26H33F3N4O. The van der Waals surface area contributed by atoms with Gasteiger partial charge in [0.05, 0.1) is 5.69 Å². The highest BCUT2D eigenvalue weighted by atomic mass is 19.4. The zero-order chi connectivity index (χ0) is 23.9. The highest BCUT2D eigenvalue weighted by Crippen LogP contribution is 2.42. The minimum atomic E-state index is -4.50. The van der Waals surface area contributed by atoms with Crippen LogP contribution in [0, 0.1) is 31.6 Å². The highest BCUT2D eigenvalue weighted by molar-refractivity contribution is 5.66. The fourth-order valence-corrected chi connectivity index (χ4v) is 6.10. The topological polar surface area (TPSA) is 50.3 Å². The fraction of sp³-hybridized carbons (Fsp3) is 0.615. The number of halogens is 3. The maximum Gasteiger partial charge on any atom is 0.420 e. The van der Waals surface area contributed by atoms with Gasteiger partial charge in [0.2, 0.25) is 0 Å². The summed E-state index contributed by atoms with van der Waals surface area (Å²) in [6.45, 7) is 8.78. The summed E-state index contributed by atoms with van der Waals surface area (Å²) in [5.41, 5.74) is 2.13. The zero-order valence-electron chi connectivity index (χ0n) is 19.9. The maximum atomic E-state index is 14.0. The summed E-state index contributed by atoms with van der Waals surface area (Å²) in [7, 11) is 0. The second kappa shape index (κ2) is 9.46. The molecule has 3 heterocycles.